The molecule has 0 fully saturated rings. The Labute approximate surface area is 126 Å². The number of benzene rings is 1. The van der Waals surface area contributed by atoms with Gasteiger partial charge in [-0.1, -0.05) is 62.2 Å². The summed E-state index contributed by atoms with van der Waals surface area (Å²) >= 11 is 1.32. The van der Waals surface area contributed by atoms with Gasteiger partial charge in [-0.3, -0.25) is 4.79 Å². The lowest BCUT2D eigenvalue weighted by atomic mass is 10.2. The number of hydrogen-bond acceptors (Lipinski definition) is 3. The summed E-state index contributed by atoms with van der Waals surface area (Å²) in [6.45, 7) is 4.59. The minimum Gasteiger partial charge on any atom is -0.494 e. The van der Waals surface area contributed by atoms with Crippen molar-refractivity contribution < 1.29 is 9.53 Å². The summed E-state index contributed by atoms with van der Waals surface area (Å²) in [4.78, 5) is 10.8. The maximum absolute atomic E-state index is 10.8. The number of ether oxygens (including phenoxy) is 1. The Morgan fingerprint density at radius 3 is 2.60 bits per heavy atom. The van der Waals surface area contributed by atoms with E-state index in [4.69, 9.17) is 4.74 Å². The molecule has 1 aromatic carbocycles. The highest BCUT2D eigenvalue weighted by atomic mass is 32.2. The van der Waals surface area contributed by atoms with Crippen molar-refractivity contribution in [1.29, 1.82) is 0 Å². The van der Waals surface area contributed by atoms with Crippen LogP contribution in [0.4, 0.5) is 0 Å². The van der Waals surface area contributed by atoms with Crippen LogP contribution in [0.2, 0.25) is 0 Å². The van der Waals surface area contributed by atoms with Crippen molar-refractivity contribution >= 4 is 23.0 Å². The van der Waals surface area contributed by atoms with Crippen LogP contribution in [-0.4, -0.2) is 17.5 Å². The monoisotopic (exact) mass is 292 g/mol. The van der Waals surface area contributed by atoms with Gasteiger partial charge in [0.25, 0.3) is 0 Å². The van der Waals surface area contributed by atoms with Gasteiger partial charge < -0.3 is 4.74 Å². The molecule has 0 aliphatic heterocycles. The molecule has 0 bridgehead atoms. The molecule has 0 radical (unpaired) electrons. The van der Waals surface area contributed by atoms with Crippen molar-refractivity contribution in [3.8, 4) is 5.75 Å². The van der Waals surface area contributed by atoms with Gasteiger partial charge in [0.1, 0.15) is 5.75 Å². The topological polar surface area (TPSA) is 26.3 Å². The van der Waals surface area contributed by atoms with Crippen LogP contribution in [0, 0.1) is 0 Å². The summed E-state index contributed by atoms with van der Waals surface area (Å²) in [5.74, 6) is 1.65. The van der Waals surface area contributed by atoms with Gasteiger partial charge in [-0.25, -0.2) is 0 Å². The molecule has 0 saturated heterocycles. The van der Waals surface area contributed by atoms with E-state index in [9.17, 15) is 4.79 Å². The van der Waals surface area contributed by atoms with Crippen molar-refractivity contribution in [3.63, 3.8) is 0 Å². The Morgan fingerprint density at radius 1 is 1.20 bits per heavy atom. The molecule has 110 valence electrons. The van der Waals surface area contributed by atoms with Gasteiger partial charge in [0, 0.05) is 12.7 Å². The van der Waals surface area contributed by atoms with Crippen molar-refractivity contribution in [2.45, 2.75) is 39.5 Å². The van der Waals surface area contributed by atoms with Crippen LogP contribution in [0.3, 0.4) is 0 Å². The Morgan fingerprint density at radius 2 is 1.95 bits per heavy atom. The number of carbonyl (C=O) groups excluding carboxylic acids is 1. The third-order valence-corrected chi connectivity index (χ3v) is 3.61. The van der Waals surface area contributed by atoms with Crippen LogP contribution in [0.5, 0.6) is 5.75 Å². The molecule has 0 spiro atoms. The van der Waals surface area contributed by atoms with Gasteiger partial charge in [0.2, 0.25) is 0 Å². The van der Waals surface area contributed by atoms with E-state index < -0.39 is 0 Å². The quantitative estimate of drug-likeness (QED) is 0.603. The van der Waals surface area contributed by atoms with E-state index in [1.165, 1.54) is 31.0 Å². The number of rotatable bonds is 9. The molecule has 1 rings (SSSR count). The van der Waals surface area contributed by atoms with E-state index in [1.54, 1.807) is 6.92 Å². The number of unbranched alkanes of at least 4 members (excludes halogenated alkanes) is 3. The third kappa shape index (κ3) is 8.05. The lowest BCUT2D eigenvalue weighted by molar-refractivity contribution is -0.109. The zero-order valence-corrected chi connectivity index (χ0v) is 13.2. The molecule has 0 aromatic heterocycles. The SMILES string of the molecule is CCCCCCOc1ccc(C=CCSC(C)=O)cc1. The fourth-order valence-corrected chi connectivity index (χ4v) is 2.17. The molecule has 2 nitrogen and oxygen atoms in total. The largest absolute Gasteiger partial charge is 0.494 e. The van der Waals surface area contributed by atoms with Crippen molar-refractivity contribution in [2.75, 3.05) is 12.4 Å². The Bertz CT molecular complexity index is 410. The molecule has 0 amide bonds. The standard InChI is InChI=1S/C17H24O2S/c1-3-4-5-6-13-19-17-11-9-16(10-12-17)8-7-14-20-15(2)18/h7-12H,3-6,13-14H2,1-2H3. The fraction of sp³-hybridized carbons (Fsp3) is 0.471. The Kier molecular flexibility index (Phi) is 8.88. The molecule has 0 unspecified atom stereocenters. The summed E-state index contributed by atoms with van der Waals surface area (Å²) < 4.78 is 5.69. The van der Waals surface area contributed by atoms with E-state index >= 15 is 0 Å². The van der Waals surface area contributed by atoms with Gasteiger partial charge >= 0.3 is 0 Å². The minimum atomic E-state index is 0.154. The Hall–Kier alpha value is -1.22. The number of carbonyl (C=O) groups is 1. The molecular weight excluding hydrogens is 268 g/mol. The highest BCUT2D eigenvalue weighted by molar-refractivity contribution is 8.13. The zero-order valence-electron chi connectivity index (χ0n) is 12.4. The average Bonchev–Trinajstić information content (AvgIpc) is 2.44. The lowest BCUT2D eigenvalue weighted by Gasteiger charge is -2.06. The highest BCUT2D eigenvalue weighted by Gasteiger charge is 1.94. The molecule has 0 aliphatic rings. The minimum absolute atomic E-state index is 0.154. The second kappa shape index (κ2) is 10.6. The molecule has 0 atom stereocenters. The first kappa shape index (κ1) is 16.8. The second-order valence-electron chi connectivity index (χ2n) is 4.68. The summed E-state index contributed by atoms with van der Waals surface area (Å²) in [6.07, 6.45) is 8.94. The van der Waals surface area contributed by atoms with E-state index in [0.717, 1.165) is 30.1 Å². The first-order chi connectivity index (χ1) is 9.72. The summed E-state index contributed by atoms with van der Waals surface area (Å²) in [5.41, 5.74) is 1.13. The van der Waals surface area contributed by atoms with E-state index in [-0.39, 0.29) is 5.12 Å². The lowest BCUT2D eigenvalue weighted by Crippen LogP contribution is -1.96. The summed E-state index contributed by atoms with van der Waals surface area (Å²) in [7, 11) is 0. The molecule has 0 N–H and O–H groups in total. The zero-order chi connectivity index (χ0) is 14.6. The molecular formula is C17H24O2S. The van der Waals surface area contributed by atoms with Crippen LogP contribution in [-0.2, 0) is 4.79 Å². The predicted octanol–water partition coefficient (Wildman–Crippen LogP) is 4.94. The van der Waals surface area contributed by atoms with Crippen molar-refractivity contribution in [2.24, 2.45) is 0 Å². The normalized spacial score (nSPS) is 10.9. The van der Waals surface area contributed by atoms with Crippen molar-refractivity contribution in [3.05, 3.63) is 35.9 Å². The molecule has 0 heterocycles. The molecule has 1 aromatic rings. The first-order valence-electron chi connectivity index (χ1n) is 7.25. The summed E-state index contributed by atoms with van der Waals surface area (Å²) in [5, 5.41) is 0.154. The predicted molar refractivity (Wildman–Crippen MR) is 88.3 cm³/mol. The van der Waals surface area contributed by atoms with Crippen molar-refractivity contribution in [1.82, 2.24) is 0 Å². The van der Waals surface area contributed by atoms with Crippen LogP contribution in [0.15, 0.2) is 30.3 Å². The van der Waals surface area contributed by atoms with Gasteiger partial charge in [0.05, 0.1) is 6.61 Å². The molecule has 20 heavy (non-hydrogen) atoms. The maximum atomic E-state index is 10.8. The van der Waals surface area contributed by atoms with E-state index in [0.29, 0.717) is 0 Å². The smallest absolute Gasteiger partial charge is 0.186 e. The molecule has 3 heteroatoms. The Balaban J connectivity index is 2.27. The number of hydrogen-bond donors (Lipinski definition) is 0. The summed E-state index contributed by atoms with van der Waals surface area (Å²) in [6, 6.07) is 8.07. The van der Waals surface area contributed by atoms with E-state index in [2.05, 4.69) is 6.92 Å². The third-order valence-electron chi connectivity index (χ3n) is 2.84. The first-order valence-corrected chi connectivity index (χ1v) is 8.23. The maximum Gasteiger partial charge on any atom is 0.186 e. The average molecular weight is 292 g/mol. The van der Waals surface area contributed by atoms with Crippen LogP contribution < -0.4 is 4.74 Å². The highest BCUT2D eigenvalue weighted by Crippen LogP contribution is 2.14. The van der Waals surface area contributed by atoms with Gasteiger partial charge in [-0.2, -0.15) is 0 Å². The van der Waals surface area contributed by atoms with Crippen LogP contribution in [0.25, 0.3) is 6.08 Å². The van der Waals surface area contributed by atoms with Crippen LogP contribution in [0.1, 0.15) is 45.1 Å². The van der Waals surface area contributed by atoms with Gasteiger partial charge in [-0.15, -0.1) is 0 Å². The molecule has 0 aliphatic carbocycles. The second-order valence-corrected chi connectivity index (χ2v) is 5.88. The fourth-order valence-electron chi connectivity index (χ4n) is 1.74. The van der Waals surface area contributed by atoms with Crippen LogP contribution >= 0.6 is 11.8 Å². The van der Waals surface area contributed by atoms with Gasteiger partial charge in [-0.05, 0) is 24.1 Å². The molecule has 0 saturated carbocycles. The van der Waals surface area contributed by atoms with E-state index in [1.807, 2.05) is 36.4 Å². The number of thioether (sulfide) groups is 1. The van der Waals surface area contributed by atoms with Gasteiger partial charge in [0.15, 0.2) is 5.12 Å².